The van der Waals surface area contributed by atoms with Gasteiger partial charge in [-0.2, -0.15) is 0 Å². The molecule has 0 fully saturated rings. The second-order valence-electron chi connectivity index (χ2n) is 4.89. The van der Waals surface area contributed by atoms with Gasteiger partial charge in [-0.05, 0) is 36.4 Å². The summed E-state index contributed by atoms with van der Waals surface area (Å²) in [6, 6.07) is 15.9. The van der Waals surface area contributed by atoms with Crippen LogP contribution < -0.4 is 10.6 Å². The van der Waals surface area contributed by atoms with Crippen LogP contribution in [0.25, 0.3) is 10.2 Å². The molecule has 0 amide bonds. The van der Waals surface area contributed by atoms with Crippen LogP contribution in [-0.4, -0.2) is 17.9 Å². The van der Waals surface area contributed by atoms with Crippen molar-refractivity contribution in [2.75, 3.05) is 11.9 Å². The topological polar surface area (TPSA) is 66.0 Å². The van der Waals surface area contributed by atoms with Crippen LogP contribution in [0.15, 0.2) is 48.5 Å². The van der Waals surface area contributed by atoms with E-state index in [0.29, 0.717) is 0 Å². The Morgan fingerprint density at radius 3 is 2.57 bits per heavy atom. The number of hydrogen-bond acceptors (Lipinski definition) is 4. The quantitative estimate of drug-likeness (QED) is 0.574. The van der Waals surface area contributed by atoms with Crippen LogP contribution in [0.1, 0.15) is 10.6 Å². The Labute approximate surface area is 127 Å². The van der Waals surface area contributed by atoms with Crippen molar-refractivity contribution >= 4 is 33.1 Å². The monoisotopic (exact) mass is 296 g/mol. The van der Waals surface area contributed by atoms with Gasteiger partial charge in [-0.3, -0.25) is 5.41 Å². The SMILES string of the molecule is CN(Cc1nc2ccccc2s1)c1ccc(C(=N)N)cc1. The standard InChI is InChI=1S/C16H16N4S/c1-20(12-8-6-11(7-9-12)16(17)18)10-15-19-13-4-2-3-5-14(13)21-15/h2-9H,10H2,1H3,(H3,17,18). The smallest absolute Gasteiger partial charge is 0.122 e. The van der Waals surface area contributed by atoms with E-state index < -0.39 is 0 Å². The molecule has 1 aromatic heterocycles. The predicted molar refractivity (Wildman–Crippen MR) is 89.2 cm³/mol. The molecule has 0 bridgehead atoms. The number of thiazole rings is 1. The van der Waals surface area contributed by atoms with Crippen molar-refractivity contribution in [3.05, 3.63) is 59.1 Å². The molecule has 106 valence electrons. The number of fused-ring (bicyclic) bond motifs is 1. The zero-order chi connectivity index (χ0) is 14.8. The van der Waals surface area contributed by atoms with E-state index in [-0.39, 0.29) is 5.84 Å². The van der Waals surface area contributed by atoms with Crippen LogP contribution in [0.3, 0.4) is 0 Å². The van der Waals surface area contributed by atoms with Crippen LogP contribution in [0.5, 0.6) is 0 Å². The van der Waals surface area contributed by atoms with E-state index in [9.17, 15) is 0 Å². The van der Waals surface area contributed by atoms with Crippen LogP contribution in [0.4, 0.5) is 5.69 Å². The van der Waals surface area contributed by atoms with Gasteiger partial charge >= 0.3 is 0 Å². The molecule has 0 spiro atoms. The van der Waals surface area contributed by atoms with Crippen molar-refractivity contribution in [3.63, 3.8) is 0 Å². The maximum Gasteiger partial charge on any atom is 0.122 e. The summed E-state index contributed by atoms with van der Waals surface area (Å²) < 4.78 is 1.22. The highest BCUT2D eigenvalue weighted by molar-refractivity contribution is 7.18. The van der Waals surface area contributed by atoms with Crippen molar-refractivity contribution in [2.45, 2.75) is 6.54 Å². The van der Waals surface area contributed by atoms with Crippen molar-refractivity contribution in [2.24, 2.45) is 5.73 Å². The summed E-state index contributed by atoms with van der Waals surface area (Å²) >= 11 is 1.72. The summed E-state index contributed by atoms with van der Waals surface area (Å²) in [6.45, 7) is 0.763. The van der Waals surface area contributed by atoms with Gasteiger partial charge in [-0.15, -0.1) is 11.3 Å². The van der Waals surface area contributed by atoms with E-state index in [1.807, 2.05) is 49.5 Å². The van der Waals surface area contributed by atoms with Crippen LogP contribution in [-0.2, 0) is 6.54 Å². The van der Waals surface area contributed by atoms with Crippen LogP contribution in [0.2, 0.25) is 0 Å². The number of anilines is 1. The molecule has 3 aromatic rings. The maximum atomic E-state index is 7.41. The largest absolute Gasteiger partial charge is 0.384 e. The van der Waals surface area contributed by atoms with E-state index in [1.54, 1.807) is 11.3 Å². The van der Waals surface area contributed by atoms with Gasteiger partial charge in [-0.25, -0.2) is 4.98 Å². The zero-order valence-corrected chi connectivity index (χ0v) is 12.5. The normalized spacial score (nSPS) is 10.7. The number of nitrogens with zero attached hydrogens (tertiary/aromatic N) is 2. The molecule has 0 unspecified atom stereocenters. The van der Waals surface area contributed by atoms with Gasteiger partial charge in [0.2, 0.25) is 0 Å². The lowest BCUT2D eigenvalue weighted by Gasteiger charge is -2.18. The number of amidine groups is 1. The third kappa shape index (κ3) is 2.87. The number of nitrogens with two attached hydrogens (primary N) is 1. The molecule has 0 saturated carbocycles. The van der Waals surface area contributed by atoms with E-state index >= 15 is 0 Å². The molecule has 0 aliphatic rings. The third-order valence-electron chi connectivity index (χ3n) is 3.33. The van der Waals surface area contributed by atoms with Gasteiger partial charge in [0, 0.05) is 18.3 Å². The minimum Gasteiger partial charge on any atom is -0.384 e. The first-order valence-electron chi connectivity index (χ1n) is 6.63. The first-order valence-corrected chi connectivity index (χ1v) is 7.45. The Balaban J connectivity index is 1.78. The van der Waals surface area contributed by atoms with E-state index in [0.717, 1.165) is 28.3 Å². The fourth-order valence-electron chi connectivity index (χ4n) is 2.18. The molecule has 4 nitrogen and oxygen atoms in total. The summed E-state index contributed by atoms with van der Waals surface area (Å²) in [5.41, 5.74) is 8.35. The molecule has 21 heavy (non-hydrogen) atoms. The summed E-state index contributed by atoms with van der Waals surface area (Å²) in [5, 5.41) is 8.50. The molecule has 1 heterocycles. The van der Waals surface area contributed by atoms with Gasteiger partial charge in [0.25, 0.3) is 0 Å². The highest BCUT2D eigenvalue weighted by Crippen LogP contribution is 2.24. The van der Waals surface area contributed by atoms with E-state index in [4.69, 9.17) is 11.1 Å². The lowest BCUT2D eigenvalue weighted by atomic mass is 10.2. The van der Waals surface area contributed by atoms with Crippen LogP contribution in [0, 0.1) is 5.41 Å². The number of aromatic nitrogens is 1. The van der Waals surface area contributed by atoms with Crippen molar-refractivity contribution in [1.82, 2.24) is 4.98 Å². The molecule has 0 aliphatic heterocycles. The summed E-state index contributed by atoms with van der Waals surface area (Å²) in [4.78, 5) is 6.79. The number of rotatable bonds is 4. The fourth-order valence-corrected chi connectivity index (χ4v) is 3.20. The molecule has 0 radical (unpaired) electrons. The van der Waals surface area contributed by atoms with Crippen molar-refractivity contribution < 1.29 is 0 Å². The zero-order valence-electron chi connectivity index (χ0n) is 11.7. The Kier molecular flexibility index (Phi) is 3.58. The van der Waals surface area contributed by atoms with E-state index in [2.05, 4.69) is 16.0 Å². The third-order valence-corrected chi connectivity index (χ3v) is 4.35. The molecular weight excluding hydrogens is 280 g/mol. The lowest BCUT2D eigenvalue weighted by Crippen LogP contribution is -2.17. The molecule has 3 rings (SSSR count). The molecule has 3 N–H and O–H groups in total. The highest BCUT2D eigenvalue weighted by Gasteiger charge is 2.07. The Hall–Kier alpha value is -2.40. The number of nitrogen functional groups attached to an aromatic ring is 1. The van der Waals surface area contributed by atoms with Gasteiger partial charge in [-0.1, -0.05) is 12.1 Å². The first kappa shape index (κ1) is 13.6. The van der Waals surface area contributed by atoms with E-state index in [1.165, 1.54) is 4.70 Å². The molecule has 0 aliphatic carbocycles. The average Bonchev–Trinajstić information content (AvgIpc) is 2.89. The van der Waals surface area contributed by atoms with Crippen molar-refractivity contribution in [3.8, 4) is 0 Å². The molecule has 5 heteroatoms. The van der Waals surface area contributed by atoms with Gasteiger partial charge in [0.1, 0.15) is 10.8 Å². The molecule has 0 saturated heterocycles. The Morgan fingerprint density at radius 2 is 1.90 bits per heavy atom. The highest BCUT2D eigenvalue weighted by atomic mass is 32.1. The summed E-state index contributed by atoms with van der Waals surface area (Å²) in [7, 11) is 2.04. The minimum atomic E-state index is 0.0929. The number of hydrogen-bond donors (Lipinski definition) is 2. The second-order valence-corrected chi connectivity index (χ2v) is 6.01. The molecule has 2 aromatic carbocycles. The number of nitrogens with one attached hydrogen (secondary N) is 1. The minimum absolute atomic E-state index is 0.0929. The number of para-hydroxylation sites is 1. The average molecular weight is 296 g/mol. The summed E-state index contributed by atoms with van der Waals surface area (Å²) in [6.07, 6.45) is 0. The maximum absolute atomic E-state index is 7.41. The molecule has 0 atom stereocenters. The Bertz CT molecular complexity index is 743. The fraction of sp³-hybridized carbons (Fsp3) is 0.125. The Morgan fingerprint density at radius 1 is 1.19 bits per heavy atom. The van der Waals surface area contributed by atoms with Crippen molar-refractivity contribution in [1.29, 1.82) is 5.41 Å². The molecular formula is C16H16N4S. The summed E-state index contributed by atoms with van der Waals surface area (Å²) in [5.74, 6) is 0.0929. The van der Waals surface area contributed by atoms with Crippen LogP contribution >= 0.6 is 11.3 Å². The number of benzene rings is 2. The van der Waals surface area contributed by atoms with Gasteiger partial charge in [0.05, 0.1) is 16.8 Å². The van der Waals surface area contributed by atoms with Gasteiger partial charge < -0.3 is 10.6 Å². The van der Waals surface area contributed by atoms with Gasteiger partial charge in [0.15, 0.2) is 0 Å². The second kappa shape index (κ2) is 5.54. The lowest BCUT2D eigenvalue weighted by molar-refractivity contribution is 0.914. The first-order chi connectivity index (χ1) is 10.1. The predicted octanol–water partition coefficient (Wildman–Crippen LogP) is 3.22.